The van der Waals surface area contributed by atoms with Gasteiger partial charge in [0.25, 0.3) is 0 Å². The van der Waals surface area contributed by atoms with Gasteiger partial charge in [0, 0.05) is 11.1 Å². The molecule has 4 nitrogen and oxygen atoms in total. The molecule has 5 heteroatoms. The molecule has 0 aliphatic rings. The standard InChI is InChI=1S/C11H10N4S/c1-8-2-9(4-12)3-11(15-8)13-5-10-6-16-7-14-10/h2-3,6-7H,5H2,1H3,(H,13,15). The first-order valence-corrected chi connectivity index (χ1v) is 5.72. The molecule has 0 atom stereocenters. The van der Waals surface area contributed by atoms with Crippen molar-refractivity contribution < 1.29 is 0 Å². The van der Waals surface area contributed by atoms with Crippen LogP contribution in [0.1, 0.15) is 17.0 Å². The highest BCUT2D eigenvalue weighted by atomic mass is 32.1. The van der Waals surface area contributed by atoms with Crippen LogP contribution < -0.4 is 5.32 Å². The zero-order valence-electron chi connectivity index (χ0n) is 8.77. The monoisotopic (exact) mass is 230 g/mol. The molecule has 0 amide bonds. The van der Waals surface area contributed by atoms with E-state index in [1.54, 1.807) is 29.0 Å². The number of nitrogens with one attached hydrogen (secondary N) is 1. The third-order valence-electron chi connectivity index (χ3n) is 2.02. The van der Waals surface area contributed by atoms with Gasteiger partial charge in [-0.2, -0.15) is 5.26 Å². The summed E-state index contributed by atoms with van der Waals surface area (Å²) in [6.45, 7) is 2.50. The number of hydrogen-bond acceptors (Lipinski definition) is 5. The minimum absolute atomic E-state index is 0.619. The molecule has 0 bridgehead atoms. The van der Waals surface area contributed by atoms with E-state index in [-0.39, 0.29) is 0 Å². The molecule has 80 valence electrons. The summed E-state index contributed by atoms with van der Waals surface area (Å²) >= 11 is 1.56. The molecule has 2 aromatic heterocycles. The minimum atomic E-state index is 0.619. The van der Waals surface area contributed by atoms with Gasteiger partial charge < -0.3 is 5.32 Å². The molecular weight excluding hydrogens is 220 g/mol. The summed E-state index contributed by atoms with van der Waals surface area (Å²) in [7, 11) is 0. The maximum Gasteiger partial charge on any atom is 0.127 e. The molecule has 0 aromatic carbocycles. The number of thiazole rings is 1. The summed E-state index contributed by atoms with van der Waals surface area (Å²) < 4.78 is 0. The first-order chi connectivity index (χ1) is 7.78. The Bertz CT molecular complexity index is 513. The summed E-state index contributed by atoms with van der Waals surface area (Å²) in [5, 5.41) is 13.9. The smallest absolute Gasteiger partial charge is 0.127 e. The van der Waals surface area contributed by atoms with Crippen LogP contribution in [0.3, 0.4) is 0 Å². The van der Waals surface area contributed by atoms with Crippen LogP contribution in [-0.2, 0) is 6.54 Å². The molecule has 0 radical (unpaired) electrons. The van der Waals surface area contributed by atoms with Crippen LogP contribution in [0.15, 0.2) is 23.0 Å². The van der Waals surface area contributed by atoms with E-state index < -0.39 is 0 Å². The Balaban J connectivity index is 2.10. The van der Waals surface area contributed by atoms with Crippen molar-refractivity contribution in [1.82, 2.24) is 9.97 Å². The zero-order valence-corrected chi connectivity index (χ0v) is 9.58. The van der Waals surface area contributed by atoms with Gasteiger partial charge in [-0.05, 0) is 19.1 Å². The van der Waals surface area contributed by atoms with E-state index in [1.165, 1.54) is 0 Å². The van der Waals surface area contributed by atoms with Crippen LogP contribution in [0.25, 0.3) is 0 Å². The van der Waals surface area contributed by atoms with Gasteiger partial charge in [-0.15, -0.1) is 11.3 Å². The minimum Gasteiger partial charge on any atom is -0.364 e. The maximum absolute atomic E-state index is 8.82. The second kappa shape index (κ2) is 4.73. The molecule has 0 saturated carbocycles. The van der Waals surface area contributed by atoms with Gasteiger partial charge >= 0.3 is 0 Å². The first kappa shape index (κ1) is 10.6. The highest BCUT2D eigenvalue weighted by Gasteiger charge is 2.00. The number of anilines is 1. The van der Waals surface area contributed by atoms with Crippen LogP contribution in [0, 0.1) is 18.3 Å². The highest BCUT2D eigenvalue weighted by molar-refractivity contribution is 7.07. The normalized spacial score (nSPS) is 9.75. The van der Waals surface area contributed by atoms with E-state index in [9.17, 15) is 0 Å². The predicted molar refractivity (Wildman–Crippen MR) is 63.1 cm³/mol. The van der Waals surface area contributed by atoms with Crippen molar-refractivity contribution in [3.05, 3.63) is 40.0 Å². The third-order valence-corrected chi connectivity index (χ3v) is 2.65. The molecule has 0 spiro atoms. The molecule has 2 rings (SSSR count). The zero-order chi connectivity index (χ0) is 11.4. The average molecular weight is 230 g/mol. The van der Waals surface area contributed by atoms with Gasteiger partial charge in [-0.25, -0.2) is 9.97 Å². The van der Waals surface area contributed by atoms with Crippen molar-refractivity contribution in [2.75, 3.05) is 5.32 Å². The molecular formula is C11H10N4S. The van der Waals surface area contributed by atoms with Gasteiger partial charge in [0.05, 0.1) is 29.4 Å². The number of rotatable bonds is 3. The van der Waals surface area contributed by atoms with E-state index in [1.807, 2.05) is 12.3 Å². The Morgan fingerprint density at radius 1 is 1.50 bits per heavy atom. The molecule has 0 saturated heterocycles. The van der Waals surface area contributed by atoms with Gasteiger partial charge in [0.15, 0.2) is 0 Å². The third kappa shape index (κ3) is 2.55. The fourth-order valence-corrected chi connectivity index (χ4v) is 1.89. The quantitative estimate of drug-likeness (QED) is 0.879. The molecule has 0 aliphatic heterocycles. The Hall–Kier alpha value is -1.93. The summed E-state index contributed by atoms with van der Waals surface area (Å²) in [5.41, 5.74) is 4.22. The number of nitriles is 1. The second-order valence-electron chi connectivity index (χ2n) is 3.33. The molecule has 0 aliphatic carbocycles. The van der Waals surface area contributed by atoms with Crippen molar-refractivity contribution in [3.63, 3.8) is 0 Å². The topological polar surface area (TPSA) is 61.6 Å². The van der Waals surface area contributed by atoms with Crippen LogP contribution in [0.2, 0.25) is 0 Å². The van der Waals surface area contributed by atoms with Gasteiger partial charge in [0.1, 0.15) is 5.82 Å². The Morgan fingerprint density at radius 2 is 2.38 bits per heavy atom. The van der Waals surface area contributed by atoms with Crippen LogP contribution in [0.4, 0.5) is 5.82 Å². The van der Waals surface area contributed by atoms with E-state index in [2.05, 4.69) is 21.4 Å². The van der Waals surface area contributed by atoms with Gasteiger partial charge in [0.2, 0.25) is 0 Å². The number of aromatic nitrogens is 2. The van der Waals surface area contributed by atoms with Crippen molar-refractivity contribution >= 4 is 17.2 Å². The molecule has 2 heterocycles. The Labute approximate surface area is 97.6 Å². The number of aryl methyl sites for hydroxylation is 1. The Kier molecular flexibility index (Phi) is 3.13. The lowest BCUT2D eigenvalue weighted by Gasteiger charge is -2.04. The average Bonchev–Trinajstić information content (AvgIpc) is 2.78. The lowest BCUT2D eigenvalue weighted by Crippen LogP contribution is -2.02. The second-order valence-corrected chi connectivity index (χ2v) is 4.05. The maximum atomic E-state index is 8.82. The molecule has 0 unspecified atom stereocenters. The van der Waals surface area contributed by atoms with E-state index in [4.69, 9.17) is 5.26 Å². The predicted octanol–water partition coefficient (Wildman–Crippen LogP) is 2.33. The largest absolute Gasteiger partial charge is 0.364 e. The van der Waals surface area contributed by atoms with Crippen LogP contribution in [0.5, 0.6) is 0 Å². The lowest BCUT2D eigenvalue weighted by molar-refractivity contribution is 1.04. The summed E-state index contributed by atoms with van der Waals surface area (Å²) in [5.74, 6) is 0.713. The number of pyridine rings is 1. The summed E-state index contributed by atoms with van der Waals surface area (Å²) in [6, 6.07) is 5.60. The first-order valence-electron chi connectivity index (χ1n) is 4.77. The van der Waals surface area contributed by atoms with Crippen molar-refractivity contribution in [3.8, 4) is 6.07 Å². The fourth-order valence-electron chi connectivity index (χ4n) is 1.33. The van der Waals surface area contributed by atoms with E-state index in [0.717, 1.165) is 11.4 Å². The van der Waals surface area contributed by atoms with Crippen LogP contribution >= 0.6 is 11.3 Å². The number of nitrogens with zero attached hydrogens (tertiary/aromatic N) is 3. The van der Waals surface area contributed by atoms with Crippen molar-refractivity contribution in [2.45, 2.75) is 13.5 Å². The van der Waals surface area contributed by atoms with E-state index in [0.29, 0.717) is 17.9 Å². The Morgan fingerprint density at radius 3 is 3.06 bits per heavy atom. The van der Waals surface area contributed by atoms with Crippen molar-refractivity contribution in [1.29, 1.82) is 5.26 Å². The summed E-state index contributed by atoms with van der Waals surface area (Å²) in [4.78, 5) is 8.45. The van der Waals surface area contributed by atoms with Crippen molar-refractivity contribution in [2.24, 2.45) is 0 Å². The highest BCUT2D eigenvalue weighted by Crippen LogP contribution is 2.10. The number of hydrogen-bond donors (Lipinski definition) is 1. The fraction of sp³-hybridized carbons (Fsp3) is 0.182. The molecule has 2 aromatic rings. The van der Waals surface area contributed by atoms with Gasteiger partial charge in [-0.1, -0.05) is 0 Å². The SMILES string of the molecule is Cc1cc(C#N)cc(NCc2cscn2)n1. The molecule has 16 heavy (non-hydrogen) atoms. The summed E-state index contributed by atoms with van der Waals surface area (Å²) in [6.07, 6.45) is 0. The molecule has 0 fully saturated rings. The van der Waals surface area contributed by atoms with E-state index >= 15 is 0 Å². The molecule has 1 N–H and O–H groups in total. The van der Waals surface area contributed by atoms with Crippen LogP contribution in [-0.4, -0.2) is 9.97 Å². The van der Waals surface area contributed by atoms with Gasteiger partial charge in [-0.3, -0.25) is 0 Å². The lowest BCUT2D eigenvalue weighted by atomic mass is 10.2.